The van der Waals surface area contributed by atoms with Crippen LogP contribution >= 0.6 is 24.0 Å². The zero-order valence-corrected chi connectivity index (χ0v) is 19.0. The quantitative estimate of drug-likeness (QED) is 0.353. The van der Waals surface area contributed by atoms with Crippen LogP contribution in [0, 0.1) is 6.92 Å². The lowest BCUT2D eigenvalue weighted by atomic mass is 10.1. The summed E-state index contributed by atoms with van der Waals surface area (Å²) in [5, 5.41) is 6.75. The highest BCUT2D eigenvalue weighted by Gasteiger charge is 2.12. The Bertz CT molecular complexity index is 524. The van der Waals surface area contributed by atoms with Gasteiger partial charge in [-0.05, 0) is 57.9 Å². The maximum absolute atomic E-state index is 5.33. The molecule has 0 heterocycles. The topological polar surface area (TPSA) is 48.9 Å². The second kappa shape index (κ2) is 12.4. The van der Waals surface area contributed by atoms with Crippen molar-refractivity contribution in [2.75, 3.05) is 27.2 Å². The molecule has 144 valence electrons. The Kier molecular flexibility index (Phi) is 11.8. The van der Waals surface area contributed by atoms with E-state index in [2.05, 4.69) is 61.2 Å². The molecule has 0 saturated heterocycles. The van der Waals surface area contributed by atoms with Crippen molar-refractivity contribution in [1.29, 1.82) is 0 Å². The van der Waals surface area contributed by atoms with E-state index in [1.54, 1.807) is 14.2 Å². The normalized spacial score (nSPS) is 11.7. The zero-order chi connectivity index (χ0) is 18.1. The van der Waals surface area contributed by atoms with Gasteiger partial charge in [0.05, 0.1) is 7.11 Å². The van der Waals surface area contributed by atoms with Crippen LogP contribution in [0.2, 0.25) is 0 Å². The Balaban J connectivity index is 0.00000576. The Hall–Kier alpha value is -1.02. The molecule has 1 rings (SSSR count). The summed E-state index contributed by atoms with van der Waals surface area (Å²) < 4.78 is 5.33. The molecule has 1 aromatic carbocycles. The Morgan fingerprint density at radius 2 is 1.76 bits per heavy atom. The molecule has 0 aliphatic carbocycles. The molecule has 1 aromatic rings. The molecule has 0 fully saturated rings. The first-order chi connectivity index (χ1) is 11.4. The van der Waals surface area contributed by atoms with Crippen molar-refractivity contribution >= 4 is 29.9 Å². The number of halogens is 1. The number of aliphatic imine (C=N–C) groups is 1. The van der Waals surface area contributed by atoms with Gasteiger partial charge in [-0.15, -0.1) is 24.0 Å². The minimum atomic E-state index is 0. The molecule has 2 N–H and O–H groups in total. The number of benzene rings is 1. The van der Waals surface area contributed by atoms with Gasteiger partial charge in [0.2, 0.25) is 0 Å². The summed E-state index contributed by atoms with van der Waals surface area (Å²) >= 11 is 0. The molecule has 0 radical (unpaired) electrons. The molecule has 0 saturated carbocycles. The predicted molar refractivity (Wildman–Crippen MR) is 118 cm³/mol. The first-order valence-electron chi connectivity index (χ1n) is 8.72. The average molecular weight is 462 g/mol. The van der Waals surface area contributed by atoms with Gasteiger partial charge in [-0.25, -0.2) is 0 Å². The SMILES string of the molecule is CN=C(NCCN(C(C)C)C(C)C)NCc1cc(C)cc(OC)c1.I. The molecular formula is C19H35IN4O. The Labute approximate surface area is 170 Å². The van der Waals surface area contributed by atoms with E-state index in [0.717, 1.165) is 31.3 Å². The van der Waals surface area contributed by atoms with Gasteiger partial charge in [-0.1, -0.05) is 6.07 Å². The van der Waals surface area contributed by atoms with Gasteiger partial charge < -0.3 is 15.4 Å². The van der Waals surface area contributed by atoms with Crippen molar-refractivity contribution in [3.63, 3.8) is 0 Å². The summed E-state index contributed by atoms with van der Waals surface area (Å²) in [6.45, 7) is 13.6. The van der Waals surface area contributed by atoms with E-state index in [9.17, 15) is 0 Å². The van der Waals surface area contributed by atoms with Crippen LogP contribution in [0.3, 0.4) is 0 Å². The monoisotopic (exact) mass is 462 g/mol. The number of guanidine groups is 1. The first-order valence-corrected chi connectivity index (χ1v) is 8.72. The molecular weight excluding hydrogens is 427 g/mol. The summed E-state index contributed by atoms with van der Waals surface area (Å²) in [5.74, 6) is 1.71. The summed E-state index contributed by atoms with van der Waals surface area (Å²) in [5.41, 5.74) is 2.37. The van der Waals surface area contributed by atoms with Crippen LogP contribution in [0.1, 0.15) is 38.8 Å². The lowest BCUT2D eigenvalue weighted by Crippen LogP contribution is -2.45. The van der Waals surface area contributed by atoms with Gasteiger partial charge in [0.1, 0.15) is 5.75 Å². The maximum atomic E-state index is 5.33. The summed E-state index contributed by atoms with van der Waals surface area (Å²) in [7, 11) is 3.50. The Morgan fingerprint density at radius 3 is 2.28 bits per heavy atom. The van der Waals surface area contributed by atoms with Crippen LogP contribution in [-0.4, -0.2) is 50.2 Å². The molecule has 6 heteroatoms. The van der Waals surface area contributed by atoms with Gasteiger partial charge in [0.15, 0.2) is 5.96 Å². The van der Waals surface area contributed by atoms with E-state index >= 15 is 0 Å². The fraction of sp³-hybridized carbons (Fsp3) is 0.632. The van der Waals surface area contributed by atoms with E-state index in [1.807, 2.05) is 12.1 Å². The molecule has 0 aliphatic rings. The van der Waals surface area contributed by atoms with Crippen LogP contribution in [0.4, 0.5) is 0 Å². The fourth-order valence-corrected chi connectivity index (χ4v) is 2.87. The van der Waals surface area contributed by atoms with Crippen LogP contribution < -0.4 is 15.4 Å². The lowest BCUT2D eigenvalue weighted by molar-refractivity contribution is 0.178. The van der Waals surface area contributed by atoms with Crippen molar-refractivity contribution < 1.29 is 4.74 Å². The highest BCUT2D eigenvalue weighted by molar-refractivity contribution is 14.0. The second-order valence-corrected chi connectivity index (χ2v) is 6.64. The maximum Gasteiger partial charge on any atom is 0.191 e. The van der Waals surface area contributed by atoms with E-state index in [-0.39, 0.29) is 24.0 Å². The van der Waals surface area contributed by atoms with Crippen molar-refractivity contribution in [1.82, 2.24) is 15.5 Å². The average Bonchev–Trinajstić information content (AvgIpc) is 2.52. The number of ether oxygens (including phenoxy) is 1. The molecule has 0 aliphatic heterocycles. The minimum absolute atomic E-state index is 0. The number of nitrogens with one attached hydrogen (secondary N) is 2. The smallest absolute Gasteiger partial charge is 0.191 e. The molecule has 0 aromatic heterocycles. The molecule has 0 amide bonds. The summed E-state index contributed by atoms with van der Waals surface area (Å²) in [6.07, 6.45) is 0. The third-order valence-corrected chi connectivity index (χ3v) is 4.02. The number of methoxy groups -OCH3 is 1. The number of hydrogen-bond donors (Lipinski definition) is 2. The van der Waals surface area contributed by atoms with Crippen molar-refractivity contribution in [3.8, 4) is 5.75 Å². The molecule has 0 spiro atoms. The van der Waals surface area contributed by atoms with E-state index in [0.29, 0.717) is 12.1 Å². The molecule has 0 bridgehead atoms. The minimum Gasteiger partial charge on any atom is -0.497 e. The van der Waals surface area contributed by atoms with Gasteiger partial charge in [0, 0.05) is 38.8 Å². The van der Waals surface area contributed by atoms with E-state index < -0.39 is 0 Å². The van der Waals surface area contributed by atoms with Gasteiger partial charge in [-0.3, -0.25) is 9.89 Å². The number of rotatable bonds is 8. The number of hydrogen-bond acceptors (Lipinski definition) is 3. The van der Waals surface area contributed by atoms with Crippen LogP contribution in [0.25, 0.3) is 0 Å². The summed E-state index contributed by atoms with van der Waals surface area (Å²) in [4.78, 5) is 6.76. The van der Waals surface area contributed by atoms with E-state index in [1.165, 1.54) is 11.1 Å². The molecule has 25 heavy (non-hydrogen) atoms. The van der Waals surface area contributed by atoms with Crippen molar-refractivity contribution in [2.45, 2.75) is 53.2 Å². The largest absolute Gasteiger partial charge is 0.497 e. The third-order valence-electron chi connectivity index (χ3n) is 4.02. The fourth-order valence-electron chi connectivity index (χ4n) is 2.87. The van der Waals surface area contributed by atoms with E-state index in [4.69, 9.17) is 4.74 Å². The van der Waals surface area contributed by atoms with Gasteiger partial charge >= 0.3 is 0 Å². The van der Waals surface area contributed by atoms with Crippen molar-refractivity contribution in [2.24, 2.45) is 4.99 Å². The summed E-state index contributed by atoms with van der Waals surface area (Å²) in [6, 6.07) is 7.32. The second-order valence-electron chi connectivity index (χ2n) is 6.64. The number of nitrogens with zero attached hydrogens (tertiary/aromatic N) is 2. The highest BCUT2D eigenvalue weighted by Crippen LogP contribution is 2.16. The highest BCUT2D eigenvalue weighted by atomic mass is 127. The van der Waals surface area contributed by atoms with Crippen LogP contribution in [0.15, 0.2) is 23.2 Å². The van der Waals surface area contributed by atoms with Crippen LogP contribution in [0.5, 0.6) is 5.75 Å². The molecule has 5 nitrogen and oxygen atoms in total. The molecule has 0 atom stereocenters. The van der Waals surface area contributed by atoms with Crippen LogP contribution in [-0.2, 0) is 6.54 Å². The Morgan fingerprint density at radius 1 is 1.12 bits per heavy atom. The standard InChI is InChI=1S/C19H34N4O.HI/c1-14(2)23(15(3)4)9-8-21-19(20-6)22-13-17-10-16(5)11-18(12-17)24-7;/h10-12,14-15H,8-9,13H2,1-7H3,(H2,20,21,22);1H. The van der Waals surface area contributed by atoms with Crippen molar-refractivity contribution in [3.05, 3.63) is 29.3 Å². The van der Waals surface area contributed by atoms with Gasteiger partial charge in [0.25, 0.3) is 0 Å². The predicted octanol–water partition coefficient (Wildman–Crippen LogP) is 3.41. The third kappa shape index (κ3) is 8.76. The number of aryl methyl sites for hydroxylation is 1. The lowest BCUT2D eigenvalue weighted by Gasteiger charge is -2.30. The molecule has 0 unspecified atom stereocenters. The van der Waals surface area contributed by atoms with Gasteiger partial charge in [-0.2, -0.15) is 0 Å². The first kappa shape index (κ1) is 24.0. The zero-order valence-electron chi connectivity index (χ0n) is 16.7.